The van der Waals surface area contributed by atoms with Crippen molar-refractivity contribution in [3.05, 3.63) is 103 Å². The van der Waals surface area contributed by atoms with Gasteiger partial charge in [0.25, 0.3) is 0 Å². The average Bonchev–Trinajstić information content (AvgIpc) is 3.15. The van der Waals surface area contributed by atoms with E-state index >= 15 is 0 Å². The first-order valence-corrected chi connectivity index (χ1v) is 12.8. The molecule has 0 bridgehead atoms. The molecule has 0 unspecified atom stereocenters. The van der Waals surface area contributed by atoms with Crippen LogP contribution in [0.3, 0.4) is 0 Å². The van der Waals surface area contributed by atoms with Gasteiger partial charge in [0.15, 0.2) is 0 Å². The molecule has 1 aliphatic rings. The van der Waals surface area contributed by atoms with Gasteiger partial charge >= 0.3 is 16.5 Å². The summed E-state index contributed by atoms with van der Waals surface area (Å²) in [6, 6.07) is 17.5. The Labute approximate surface area is 226 Å². The van der Waals surface area contributed by atoms with Crippen LogP contribution in [0, 0.1) is 14.9 Å². The average molecular weight is 517 g/mol. The molecule has 1 aliphatic heterocycles. The molecule has 3 rings (SSSR count). The number of nitrogens with zero attached hydrogens (tertiary/aromatic N) is 2. The topological polar surface area (TPSA) is 25.3 Å². The number of allylic oxidation sites excluding steroid dienone is 2. The summed E-state index contributed by atoms with van der Waals surface area (Å²) in [6.07, 6.45) is 15.2. The van der Waals surface area contributed by atoms with E-state index in [2.05, 4.69) is 75.4 Å². The molecule has 0 spiro atoms. The minimum absolute atomic E-state index is 0. The number of hydrogen-bond donors (Lipinski definition) is 0. The minimum Gasteiger partial charge on any atom is -0.493 e. The fraction of sp³-hybridized carbons (Fsp3) is 0.438. The molecule has 0 radical (unpaired) electrons. The van der Waals surface area contributed by atoms with Crippen LogP contribution in [0.1, 0.15) is 101 Å². The van der Waals surface area contributed by atoms with Gasteiger partial charge in [0.05, 0.1) is 0 Å². The van der Waals surface area contributed by atoms with Gasteiger partial charge in [-0.2, -0.15) is 0 Å². The zero-order valence-corrected chi connectivity index (χ0v) is 23.7. The number of unbranched alkanes of at least 4 members (excludes halogenated alkanes) is 5. The van der Waals surface area contributed by atoms with E-state index < -0.39 is 0 Å². The molecule has 2 nitrogen and oxygen atoms in total. The first kappa shape index (κ1) is 33.0. The summed E-state index contributed by atoms with van der Waals surface area (Å²) >= 11 is 0. The monoisotopic (exact) mass is 516 g/mol. The van der Waals surface area contributed by atoms with E-state index in [0.717, 1.165) is 54.6 Å². The Kier molecular flexibility index (Phi) is 16.5. The van der Waals surface area contributed by atoms with Crippen molar-refractivity contribution in [1.29, 1.82) is 0 Å². The molecule has 35 heavy (non-hydrogen) atoms. The maximum Gasteiger partial charge on any atom is 2.00 e. The first-order valence-electron chi connectivity index (χ1n) is 12.8. The third-order valence-electron chi connectivity index (χ3n) is 6.42. The van der Waals surface area contributed by atoms with Crippen LogP contribution in [-0.2, 0) is 29.3 Å². The van der Waals surface area contributed by atoms with Gasteiger partial charge in [-0.1, -0.05) is 77.1 Å². The van der Waals surface area contributed by atoms with Crippen molar-refractivity contribution in [3.8, 4) is 0 Å². The van der Waals surface area contributed by atoms with Gasteiger partial charge in [-0.15, -0.1) is 0 Å². The maximum absolute atomic E-state index is 11.3. The van der Waals surface area contributed by atoms with Crippen LogP contribution in [-0.4, -0.2) is 4.70 Å². The normalized spacial score (nSPS) is 12.5. The Morgan fingerprint density at radius 2 is 1.20 bits per heavy atom. The Bertz CT molecular complexity index is 971. The predicted octanol–water partition coefficient (Wildman–Crippen LogP) is 10.0. The SMILES string of the molecule is CCCCCCc1cccc(C2=C(CCCC)C=C(c3cccc(CCCC)c3)[N+]2=[N-])c1.[CH3-].[CH3-].[Ni+2]. The summed E-state index contributed by atoms with van der Waals surface area (Å²) in [5.41, 5.74) is 19.4. The number of benzene rings is 2. The van der Waals surface area contributed by atoms with Gasteiger partial charge in [-0.05, 0) is 73.9 Å². The van der Waals surface area contributed by atoms with Crippen LogP contribution in [0.15, 0.2) is 60.2 Å². The second kappa shape index (κ2) is 17.4. The number of rotatable bonds is 13. The van der Waals surface area contributed by atoms with Gasteiger partial charge < -0.3 is 20.4 Å². The van der Waals surface area contributed by atoms with Crippen LogP contribution in [0.2, 0.25) is 0 Å². The van der Waals surface area contributed by atoms with Crippen LogP contribution in [0.5, 0.6) is 0 Å². The van der Waals surface area contributed by atoms with Gasteiger partial charge in [-0.3, -0.25) is 0 Å². The minimum atomic E-state index is 0. The Hall–Kier alpha value is -1.99. The molecule has 0 atom stereocenters. The molecule has 0 aromatic heterocycles. The van der Waals surface area contributed by atoms with Gasteiger partial charge in [-0.25, -0.2) is 4.70 Å². The Morgan fingerprint density at radius 3 is 1.83 bits per heavy atom. The summed E-state index contributed by atoms with van der Waals surface area (Å²) in [5, 5.41) is 0. The van der Waals surface area contributed by atoms with Gasteiger partial charge in [0.2, 0.25) is 11.4 Å². The fourth-order valence-electron chi connectivity index (χ4n) is 4.52. The molecule has 0 aliphatic carbocycles. The summed E-state index contributed by atoms with van der Waals surface area (Å²) < 4.78 is 1.44. The van der Waals surface area contributed by atoms with Crippen LogP contribution in [0.25, 0.3) is 16.9 Å². The molecule has 0 saturated carbocycles. The maximum atomic E-state index is 11.3. The Morgan fingerprint density at radius 1 is 0.657 bits per heavy atom. The van der Waals surface area contributed by atoms with Crippen molar-refractivity contribution in [3.63, 3.8) is 0 Å². The second-order valence-corrected chi connectivity index (χ2v) is 9.13. The third kappa shape index (κ3) is 9.19. The molecular weight excluding hydrogens is 471 g/mol. The molecule has 0 N–H and O–H groups in total. The number of aryl methyl sites for hydroxylation is 2. The molecular formula is C32H46N2Ni. The van der Waals surface area contributed by atoms with Crippen LogP contribution in [0.4, 0.5) is 0 Å². The molecule has 0 amide bonds. The summed E-state index contributed by atoms with van der Waals surface area (Å²) in [5.74, 6) is 0. The summed E-state index contributed by atoms with van der Waals surface area (Å²) in [7, 11) is 0. The Balaban J connectivity index is 0.00000385. The summed E-state index contributed by atoms with van der Waals surface area (Å²) in [4.78, 5) is 0. The molecule has 1 heterocycles. The molecule has 3 heteroatoms. The predicted molar refractivity (Wildman–Crippen MR) is 150 cm³/mol. The largest absolute Gasteiger partial charge is 2.00 e. The standard InChI is InChI=1S/C30H40N2.2CH3.Ni/c1-4-7-10-11-15-25-17-13-20-27(22-25)30-28(18-9-6-3)23-29(32(30)31)26-19-12-16-24(21-26)14-8-5-2;;;/h12-13,16-17,19-23H,4-11,14-15,18H2,1-3H3;2*1H3;/q;2*-1;+2. The van der Waals surface area contributed by atoms with E-state index in [1.807, 2.05) is 0 Å². The molecule has 2 aromatic carbocycles. The zero-order chi connectivity index (χ0) is 22.8. The quantitative estimate of drug-likeness (QED) is 0.109. The van der Waals surface area contributed by atoms with Crippen molar-refractivity contribution in [2.75, 3.05) is 0 Å². The second-order valence-electron chi connectivity index (χ2n) is 9.13. The third-order valence-corrected chi connectivity index (χ3v) is 6.42. The van der Waals surface area contributed by atoms with E-state index in [1.165, 1.54) is 59.9 Å². The first-order chi connectivity index (χ1) is 15.7. The van der Waals surface area contributed by atoms with Crippen LogP contribution < -0.4 is 0 Å². The van der Waals surface area contributed by atoms with E-state index in [9.17, 15) is 5.53 Å². The van der Waals surface area contributed by atoms with E-state index in [1.54, 1.807) is 0 Å². The van der Waals surface area contributed by atoms with Crippen molar-refractivity contribution in [1.82, 2.24) is 0 Å². The molecule has 0 fully saturated rings. The van der Waals surface area contributed by atoms with Crippen LogP contribution >= 0.6 is 0 Å². The van der Waals surface area contributed by atoms with E-state index in [0.29, 0.717) is 0 Å². The fourth-order valence-corrected chi connectivity index (χ4v) is 4.52. The van der Waals surface area contributed by atoms with Crippen molar-refractivity contribution < 1.29 is 21.2 Å². The number of hydrogen-bond acceptors (Lipinski definition) is 0. The van der Waals surface area contributed by atoms with Crippen molar-refractivity contribution in [2.24, 2.45) is 0 Å². The van der Waals surface area contributed by atoms with E-state index in [4.69, 9.17) is 0 Å². The molecule has 194 valence electrons. The summed E-state index contributed by atoms with van der Waals surface area (Å²) in [6.45, 7) is 6.71. The van der Waals surface area contributed by atoms with Crippen molar-refractivity contribution >= 4 is 11.4 Å². The molecule has 2 aromatic rings. The smallest absolute Gasteiger partial charge is 0.493 e. The zero-order valence-electron chi connectivity index (χ0n) is 22.7. The van der Waals surface area contributed by atoms with E-state index in [-0.39, 0.29) is 31.3 Å². The molecule has 0 saturated heterocycles. The van der Waals surface area contributed by atoms with Gasteiger partial charge in [0.1, 0.15) is 0 Å². The van der Waals surface area contributed by atoms with Crippen molar-refractivity contribution in [2.45, 2.75) is 91.4 Å². The van der Waals surface area contributed by atoms with Gasteiger partial charge in [0, 0.05) is 22.8 Å².